The fourth-order valence-corrected chi connectivity index (χ4v) is 1.55. The lowest BCUT2D eigenvalue weighted by atomic mass is 10.4. The first kappa shape index (κ1) is 17.0. The van der Waals surface area contributed by atoms with E-state index in [9.17, 15) is 18.9 Å². The van der Waals surface area contributed by atoms with E-state index in [0.717, 1.165) is 0 Å². The number of carbonyl (C=O) groups is 3. The molecule has 110 valence electrons. The van der Waals surface area contributed by atoms with E-state index in [4.69, 9.17) is 25.1 Å². The molecule has 5 N–H and O–H groups in total. The van der Waals surface area contributed by atoms with Crippen molar-refractivity contribution in [3.63, 3.8) is 0 Å². The second-order valence-corrected chi connectivity index (χ2v) is 4.61. The first-order chi connectivity index (χ1) is 8.52. The third-order valence-corrected chi connectivity index (χ3v) is 2.54. The highest BCUT2D eigenvalue weighted by Gasteiger charge is 2.37. The van der Waals surface area contributed by atoms with Gasteiger partial charge in [-0.3, -0.25) is 4.57 Å². The molecule has 19 heavy (non-hydrogen) atoms. The Kier molecular flexibility index (Phi) is 6.05. The molecule has 0 saturated heterocycles. The molecule has 0 saturated carbocycles. The molecule has 0 aliphatic rings. The van der Waals surface area contributed by atoms with Gasteiger partial charge in [-0.15, -0.1) is 0 Å². The Morgan fingerprint density at radius 1 is 0.895 bits per heavy atom. The molecule has 1 atom stereocenters. The molecule has 0 spiro atoms. The third-order valence-electron chi connectivity index (χ3n) is 1.47. The Morgan fingerprint density at radius 3 is 1.53 bits per heavy atom. The van der Waals surface area contributed by atoms with Gasteiger partial charge in [0, 0.05) is 0 Å². The van der Waals surface area contributed by atoms with Crippen LogP contribution in [-0.4, -0.2) is 55.7 Å². The molecule has 0 fully saturated rings. The quantitative estimate of drug-likeness (QED) is 0.255. The normalized spacial score (nSPS) is 12.6. The number of hydrogen-bond donors (Lipinski definition) is 5. The summed E-state index contributed by atoms with van der Waals surface area (Å²) in [6, 6.07) is 0. The van der Waals surface area contributed by atoms with Crippen LogP contribution in [0.15, 0.2) is 0 Å². The van der Waals surface area contributed by atoms with Crippen molar-refractivity contribution in [2.45, 2.75) is 18.6 Å². The summed E-state index contributed by atoms with van der Waals surface area (Å²) in [6.07, 6.45) is -9.35. The van der Waals surface area contributed by atoms with Gasteiger partial charge in [0.25, 0.3) is 6.29 Å². The highest BCUT2D eigenvalue weighted by atomic mass is 31.2. The molecule has 0 radical (unpaired) electrons. The molecular formula is C6H9O12P. The molecule has 13 heteroatoms. The van der Waals surface area contributed by atoms with Crippen LogP contribution < -0.4 is 0 Å². The summed E-state index contributed by atoms with van der Waals surface area (Å²) in [6.45, 7) is 0. The first-order valence-corrected chi connectivity index (χ1v) is 5.94. The molecule has 0 heterocycles. The molecule has 0 aromatic carbocycles. The number of ether oxygens (including phenoxy) is 3. The van der Waals surface area contributed by atoms with Gasteiger partial charge in [0.1, 0.15) is 0 Å². The van der Waals surface area contributed by atoms with Crippen LogP contribution in [0.25, 0.3) is 0 Å². The van der Waals surface area contributed by atoms with Crippen molar-refractivity contribution in [1.82, 2.24) is 0 Å². The van der Waals surface area contributed by atoms with E-state index in [1.807, 2.05) is 0 Å². The van der Waals surface area contributed by atoms with Crippen LogP contribution in [0.1, 0.15) is 6.42 Å². The maximum atomic E-state index is 10.9. The lowest BCUT2D eigenvalue weighted by Crippen LogP contribution is -2.30. The second kappa shape index (κ2) is 6.78. The van der Waals surface area contributed by atoms with E-state index in [0.29, 0.717) is 0 Å². The fourth-order valence-electron chi connectivity index (χ4n) is 0.880. The minimum atomic E-state index is -5.12. The molecule has 1 unspecified atom stereocenters. The summed E-state index contributed by atoms with van der Waals surface area (Å²) in [4.78, 5) is 48.1. The van der Waals surface area contributed by atoms with Gasteiger partial charge in [-0.2, -0.15) is 0 Å². The first-order valence-electron chi connectivity index (χ1n) is 4.26. The van der Waals surface area contributed by atoms with Crippen molar-refractivity contribution in [3.8, 4) is 0 Å². The Balaban J connectivity index is 4.90. The maximum Gasteiger partial charge on any atom is 0.508 e. The van der Waals surface area contributed by atoms with Crippen molar-refractivity contribution in [2.24, 2.45) is 0 Å². The average molecular weight is 304 g/mol. The topological polar surface area (TPSA) is 197 Å². The van der Waals surface area contributed by atoms with Crippen molar-refractivity contribution < 1.29 is 58.3 Å². The predicted molar refractivity (Wildman–Crippen MR) is 51.6 cm³/mol. The summed E-state index contributed by atoms with van der Waals surface area (Å²) >= 11 is 0. The van der Waals surface area contributed by atoms with Gasteiger partial charge in [0.15, 0.2) is 0 Å². The molecule has 0 bridgehead atoms. The number of carboxylic acid groups (broad SMARTS) is 3. The lowest BCUT2D eigenvalue weighted by molar-refractivity contribution is -0.105. The Bertz CT molecular complexity index is 381. The van der Waals surface area contributed by atoms with E-state index in [2.05, 4.69) is 14.2 Å². The third kappa shape index (κ3) is 7.81. The summed E-state index contributed by atoms with van der Waals surface area (Å²) in [5.74, 6) is -2.34. The largest absolute Gasteiger partial charge is 0.508 e. The van der Waals surface area contributed by atoms with Gasteiger partial charge in [-0.05, 0) is 0 Å². The summed E-state index contributed by atoms with van der Waals surface area (Å²) in [5.41, 5.74) is 0. The summed E-state index contributed by atoms with van der Waals surface area (Å²) in [7, 11) is -5.12. The summed E-state index contributed by atoms with van der Waals surface area (Å²) in [5, 5.41) is 24.7. The lowest BCUT2D eigenvalue weighted by Gasteiger charge is -2.21. The van der Waals surface area contributed by atoms with Gasteiger partial charge in [0.2, 0.25) is 5.85 Å². The van der Waals surface area contributed by atoms with E-state index in [1.165, 1.54) is 0 Å². The molecule has 0 aliphatic heterocycles. The Morgan fingerprint density at radius 2 is 1.26 bits per heavy atom. The minimum Gasteiger partial charge on any atom is -0.450 e. The van der Waals surface area contributed by atoms with Crippen molar-refractivity contribution >= 4 is 26.1 Å². The van der Waals surface area contributed by atoms with Gasteiger partial charge >= 0.3 is 26.1 Å². The summed E-state index contributed by atoms with van der Waals surface area (Å²) < 4.78 is 22.4. The highest BCUT2D eigenvalue weighted by Crippen LogP contribution is 2.44. The van der Waals surface area contributed by atoms with Crippen LogP contribution >= 0.6 is 7.60 Å². The number of hydrogen-bond acceptors (Lipinski definition) is 7. The van der Waals surface area contributed by atoms with Gasteiger partial charge in [0.05, 0.1) is 6.42 Å². The Hall–Kier alpha value is -2.04. The van der Waals surface area contributed by atoms with Crippen LogP contribution in [0.3, 0.4) is 0 Å². The van der Waals surface area contributed by atoms with Gasteiger partial charge in [-0.25, -0.2) is 14.4 Å². The van der Waals surface area contributed by atoms with Crippen LogP contribution in [0.2, 0.25) is 0 Å². The van der Waals surface area contributed by atoms with Crippen LogP contribution in [-0.2, 0) is 18.8 Å². The number of rotatable bonds is 6. The zero-order chi connectivity index (χ0) is 15.2. The van der Waals surface area contributed by atoms with Crippen molar-refractivity contribution in [2.75, 3.05) is 0 Å². The molecule has 12 nitrogen and oxygen atoms in total. The van der Waals surface area contributed by atoms with Crippen LogP contribution in [0.4, 0.5) is 14.4 Å². The fraction of sp³-hybridized carbons (Fsp3) is 0.500. The van der Waals surface area contributed by atoms with E-state index in [1.54, 1.807) is 0 Å². The van der Waals surface area contributed by atoms with Crippen LogP contribution in [0, 0.1) is 0 Å². The van der Waals surface area contributed by atoms with E-state index >= 15 is 0 Å². The Labute approximate surface area is 104 Å². The minimum absolute atomic E-state index is 1.14. The van der Waals surface area contributed by atoms with Crippen molar-refractivity contribution in [1.29, 1.82) is 0 Å². The van der Waals surface area contributed by atoms with Crippen molar-refractivity contribution in [3.05, 3.63) is 0 Å². The standard InChI is InChI=1S/C6H9O12P/c7-4(8)16-2(17-5(9)10)1-3(18-6(11)12)19(13,14)15/h2-3H,1H2,(H,7,8)(H,9,10)(H,11,12)(H2,13,14,15). The van der Waals surface area contributed by atoms with E-state index in [-0.39, 0.29) is 0 Å². The second-order valence-electron chi connectivity index (χ2n) is 2.86. The molecule has 0 rings (SSSR count). The molecule has 0 aromatic heterocycles. The molecule has 0 aromatic rings. The SMILES string of the molecule is O=C(O)OC(CC(OC(=O)O)P(=O)(O)O)OC(=O)O. The zero-order valence-corrected chi connectivity index (χ0v) is 9.80. The van der Waals surface area contributed by atoms with Crippen LogP contribution in [0.5, 0.6) is 0 Å². The predicted octanol–water partition coefficient (Wildman–Crippen LogP) is 0.290. The molecular weight excluding hydrogens is 295 g/mol. The monoisotopic (exact) mass is 304 g/mol. The van der Waals surface area contributed by atoms with Gasteiger partial charge in [-0.1, -0.05) is 0 Å². The highest BCUT2D eigenvalue weighted by molar-refractivity contribution is 7.52. The average Bonchev–Trinajstić information content (AvgIpc) is 2.11. The van der Waals surface area contributed by atoms with Gasteiger partial charge < -0.3 is 39.3 Å². The molecule has 0 aliphatic carbocycles. The zero-order valence-electron chi connectivity index (χ0n) is 8.90. The maximum absolute atomic E-state index is 10.9. The van der Waals surface area contributed by atoms with E-state index < -0.39 is 44.6 Å². The smallest absolute Gasteiger partial charge is 0.450 e. The molecule has 0 amide bonds.